The number of benzene rings is 1. The smallest absolute Gasteiger partial charge is 0.508 e. The molecule has 0 atom stereocenters. The molecule has 0 aliphatic rings. The van der Waals surface area contributed by atoms with Gasteiger partial charge in [-0.3, -0.25) is 0 Å². The third-order valence-electron chi connectivity index (χ3n) is 2.17. The van der Waals surface area contributed by atoms with Crippen molar-refractivity contribution in [1.29, 1.82) is 0 Å². The molecule has 1 aromatic carbocycles. The third-order valence-corrected chi connectivity index (χ3v) is 2.17. The molecule has 16 heavy (non-hydrogen) atoms. The Hall–Kier alpha value is -1.39. The molecule has 0 heterocycles. The molecule has 0 unspecified atom stereocenters. The van der Waals surface area contributed by atoms with Crippen LogP contribution in [0, 0.1) is 6.92 Å². The summed E-state index contributed by atoms with van der Waals surface area (Å²) >= 11 is 0. The summed E-state index contributed by atoms with van der Waals surface area (Å²) in [6.07, 6.45) is -4.71. The van der Waals surface area contributed by atoms with E-state index in [0.717, 1.165) is 0 Å². The van der Waals surface area contributed by atoms with Crippen LogP contribution in [0.3, 0.4) is 0 Å². The number of rotatable bonds is 2. The van der Waals surface area contributed by atoms with Gasteiger partial charge in [-0.05, 0) is 30.5 Å². The molecule has 5 heteroatoms. The summed E-state index contributed by atoms with van der Waals surface area (Å²) in [6, 6.07) is 2.50. The van der Waals surface area contributed by atoms with Crippen molar-refractivity contribution in [2.75, 3.05) is 0 Å². The highest BCUT2D eigenvalue weighted by atomic mass is 19.4. The van der Waals surface area contributed by atoms with Gasteiger partial charge in [-0.2, -0.15) is 0 Å². The van der Waals surface area contributed by atoms with E-state index in [9.17, 15) is 18.3 Å². The van der Waals surface area contributed by atoms with Gasteiger partial charge in [0.15, 0.2) is 0 Å². The molecule has 90 valence electrons. The SMILES string of the molecule is Cc1cc(O)c(C(C)C)cc1OC(F)(F)F. The number of ether oxygens (including phenoxy) is 1. The molecule has 0 fully saturated rings. The highest BCUT2D eigenvalue weighted by Crippen LogP contribution is 2.34. The number of halogens is 3. The zero-order valence-corrected chi connectivity index (χ0v) is 9.22. The van der Waals surface area contributed by atoms with Crippen LogP contribution in [0.4, 0.5) is 13.2 Å². The molecule has 0 saturated heterocycles. The minimum atomic E-state index is -4.71. The second kappa shape index (κ2) is 4.23. The molecule has 0 aliphatic carbocycles. The van der Waals surface area contributed by atoms with Crippen LogP contribution in [0.2, 0.25) is 0 Å². The minimum absolute atomic E-state index is 0.0120. The van der Waals surface area contributed by atoms with E-state index in [2.05, 4.69) is 4.74 Å². The van der Waals surface area contributed by atoms with Crippen LogP contribution in [0.15, 0.2) is 12.1 Å². The number of aryl methyl sites for hydroxylation is 1. The molecule has 0 aliphatic heterocycles. The predicted octanol–water partition coefficient (Wildman–Crippen LogP) is 3.72. The largest absolute Gasteiger partial charge is 0.573 e. The maximum Gasteiger partial charge on any atom is 0.573 e. The molecule has 0 spiro atoms. The number of hydrogen-bond donors (Lipinski definition) is 1. The molecule has 0 aromatic heterocycles. The van der Waals surface area contributed by atoms with Crippen molar-refractivity contribution in [3.63, 3.8) is 0 Å². The van der Waals surface area contributed by atoms with Crippen LogP contribution in [-0.2, 0) is 0 Å². The summed E-state index contributed by atoms with van der Waals surface area (Å²) in [5, 5.41) is 9.55. The van der Waals surface area contributed by atoms with Crippen molar-refractivity contribution < 1.29 is 23.0 Å². The number of alkyl halides is 3. The third kappa shape index (κ3) is 3.05. The fraction of sp³-hybridized carbons (Fsp3) is 0.455. The van der Waals surface area contributed by atoms with Crippen molar-refractivity contribution in [3.8, 4) is 11.5 Å². The molecule has 0 radical (unpaired) electrons. The lowest BCUT2D eigenvalue weighted by Crippen LogP contribution is -2.18. The standard InChI is InChI=1S/C11H13F3O2/c1-6(2)8-5-10(16-11(12,13)14)7(3)4-9(8)15/h4-6,15H,1-3H3. The lowest BCUT2D eigenvalue weighted by atomic mass is 10.00. The molecular formula is C11H13F3O2. The fourth-order valence-corrected chi connectivity index (χ4v) is 1.39. The van der Waals surface area contributed by atoms with E-state index < -0.39 is 6.36 Å². The Morgan fingerprint density at radius 1 is 1.25 bits per heavy atom. The first-order chi connectivity index (χ1) is 7.20. The Kier molecular flexibility index (Phi) is 3.35. The van der Waals surface area contributed by atoms with E-state index in [-0.39, 0.29) is 23.0 Å². The van der Waals surface area contributed by atoms with Gasteiger partial charge in [0.25, 0.3) is 0 Å². The first-order valence-electron chi connectivity index (χ1n) is 4.80. The Labute approximate surface area is 91.7 Å². The number of phenols is 1. The summed E-state index contributed by atoms with van der Waals surface area (Å²) < 4.78 is 40.1. The van der Waals surface area contributed by atoms with Gasteiger partial charge >= 0.3 is 6.36 Å². The van der Waals surface area contributed by atoms with Gasteiger partial charge in [0.2, 0.25) is 0 Å². The average molecular weight is 234 g/mol. The minimum Gasteiger partial charge on any atom is -0.508 e. The van der Waals surface area contributed by atoms with Gasteiger partial charge in [0, 0.05) is 5.56 Å². The van der Waals surface area contributed by atoms with Gasteiger partial charge in [-0.1, -0.05) is 13.8 Å². The zero-order chi connectivity index (χ0) is 12.5. The van der Waals surface area contributed by atoms with Crippen molar-refractivity contribution in [1.82, 2.24) is 0 Å². The first-order valence-corrected chi connectivity index (χ1v) is 4.80. The molecule has 0 bridgehead atoms. The second-order valence-electron chi connectivity index (χ2n) is 3.88. The van der Waals surface area contributed by atoms with Crippen molar-refractivity contribution in [3.05, 3.63) is 23.3 Å². The van der Waals surface area contributed by atoms with Crippen LogP contribution in [-0.4, -0.2) is 11.5 Å². The monoisotopic (exact) mass is 234 g/mol. The second-order valence-corrected chi connectivity index (χ2v) is 3.88. The summed E-state index contributed by atoms with van der Waals surface area (Å²) in [7, 11) is 0. The highest BCUT2D eigenvalue weighted by Gasteiger charge is 2.32. The maximum atomic E-state index is 12.1. The Morgan fingerprint density at radius 2 is 1.81 bits per heavy atom. The highest BCUT2D eigenvalue weighted by molar-refractivity contribution is 5.46. The van der Waals surface area contributed by atoms with Crippen LogP contribution < -0.4 is 4.74 Å². The van der Waals surface area contributed by atoms with Gasteiger partial charge in [0.05, 0.1) is 0 Å². The summed E-state index contributed by atoms with van der Waals surface area (Å²) in [5.74, 6) is -0.354. The van der Waals surface area contributed by atoms with Crippen molar-refractivity contribution in [2.45, 2.75) is 33.1 Å². The van der Waals surface area contributed by atoms with E-state index in [1.807, 2.05) is 0 Å². The van der Waals surface area contributed by atoms with E-state index in [4.69, 9.17) is 0 Å². The lowest BCUT2D eigenvalue weighted by Gasteiger charge is -2.15. The summed E-state index contributed by atoms with van der Waals surface area (Å²) in [5.41, 5.74) is 0.684. The van der Waals surface area contributed by atoms with Gasteiger partial charge < -0.3 is 9.84 Å². The lowest BCUT2D eigenvalue weighted by molar-refractivity contribution is -0.274. The van der Waals surface area contributed by atoms with E-state index in [1.54, 1.807) is 13.8 Å². The van der Waals surface area contributed by atoms with E-state index in [0.29, 0.717) is 5.56 Å². The quantitative estimate of drug-likeness (QED) is 0.844. The van der Waals surface area contributed by atoms with Crippen LogP contribution in [0.25, 0.3) is 0 Å². The molecule has 1 N–H and O–H groups in total. The van der Waals surface area contributed by atoms with Crippen LogP contribution in [0.5, 0.6) is 11.5 Å². The van der Waals surface area contributed by atoms with E-state index >= 15 is 0 Å². The molecular weight excluding hydrogens is 221 g/mol. The van der Waals surface area contributed by atoms with Crippen LogP contribution >= 0.6 is 0 Å². The Morgan fingerprint density at radius 3 is 2.25 bits per heavy atom. The van der Waals surface area contributed by atoms with Gasteiger partial charge in [-0.25, -0.2) is 0 Å². The Balaban J connectivity index is 3.15. The number of aromatic hydroxyl groups is 1. The van der Waals surface area contributed by atoms with Crippen molar-refractivity contribution in [2.24, 2.45) is 0 Å². The predicted molar refractivity (Wildman–Crippen MR) is 53.6 cm³/mol. The van der Waals surface area contributed by atoms with Gasteiger partial charge in [0.1, 0.15) is 11.5 Å². The number of hydrogen-bond acceptors (Lipinski definition) is 2. The molecule has 1 aromatic rings. The molecule has 2 nitrogen and oxygen atoms in total. The maximum absolute atomic E-state index is 12.1. The molecule has 0 amide bonds. The van der Waals surface area contributed by atoms with Gasteiger partial charge in [-0.15, -0.1) is 13.2 Å². The van der Waals surface area contributed by atoms with E-state index in [1.165, 1.54) is 19.1 Å². The molecule has 1 rings (SSSR count). The average Bonchev–Trinajstić information content (AvgIpc) is 2.07. The fourth-order valence-electron chi connectivity index (χ4n) is 1.39. The molecule has 0 saturated carbocycles. The van der Waals surface area contributed by atoms with Crippen LogP contribution in [0.1, 0.15) is 30.9 Å². The topological polar surface area (TPSA) is 29.5 Å². The number of phenolic OH excluding ortho intramolecular Hbond substituents is 1. The summed E-state index contributed by atoms with van der Waals surface area (Å²) in [6.45, 7) is 5.01. The Bertz CT molecular complexity index is 384. The summed E-state index contributed by atoms with van der Waals surface area (Å²) in [4.78, 5) is 0. The van der Waals surface area contributed by atoms with Crippen molar-refractivity contribution >= 4 is 0 Å². The normalized spacial score (nSPS) is 11.9. The first kappa shape index (κ1) is 12.7. The zero-order valence-electron chi connectivity index (χ0n) is 9.22.